The van der Waals surface area contributed by atoms with Gasteiger partial charge in [0.25, 0.3) is 5.91 Å². The molecule has 0 aliphatic rings. The van der Waals surface area contributed by atoms with Crippen LogP contribution >= 0.6 is 46.4 Å². The third kappa shape index (κ3) is 6.09. The van der Waals surface area contributed by atoms with Crippen LogP contribution in [0.5, 0.6) is 0 Å². The molecule has 0 aliphatic carbocycles. The molecule has 3 aromatic rings. The summed E-state index contributed by atoms with van der Waals surface area (Å²) in [5.41, 5.74) is 1.95. The molecule has 1 amide bonds. The third-order valence-electron chi connectivity index (χ3n) is 4.64. The lowest BCUT2D eigenvalue weighted by molar-refractivity contribution is 0.0951. The van der Waals surface area contributed by atoms with E-state index in [-0.39, 0.29) is 19.0 Å². The molecular formula is C22H18Cl4N2O3S. The first-order chi connectivity index (χ1) is 15.1. The first-order valence-electron chi connectivity index (χ1n) is 9.29. The second-order valence-corrected chi connectivity index (χ2v) is 10.5. The molecule has 0 aromatic heterocycles. The summed E-state index contributed by atoms with van der Waals surface area (Å²) >= 11 is 24.4. The summed E-state index contributed by atoms with van der Waals surface area (Å²) in [7, 11) is -3.65. The van der Waals surface area contributed by atoms with Gasteiger partial charge in [-0.2, -0.15) is 0 Å². The zero-order valence-corrected chi connectivity index (χ0v) is 20.6. The van der Waals surface area contributed by atoms with Gasteiger partial charge in [-0.3, -0.25) is 9.10 Å². The molecule has 0 fully saturated rings. The SMILES string of the molecule is CS(=O)(=O)N(Cc1c(Cl)cccc1Cl)c1ccc(C(=O)NCc2ccc(Cl)cc2Cl)cc1. The van der Waals surface area contributed by atoms with Gasteiger partial charge in [0.15, 0.2) is 0 Å². The number of anilines is 1. The van der Waals surface area contributed by atoms with Crippen LogP contribution in [-0.2, 0) is 23.1 Å². The van der Waals surface area contributed by atoms with Crippen molar-refractivity contribution in [2.24, 2.45) is 0 Å². The van der Waals surface area contributed by atoms with Gasteiger partial charge in [0.2, 0.25) is 10.0 Å². The maximum Gasteiger partial charge on any atom is 0.251 e. The van der Waals surface area contributed by atoms with E-state index < -0.39 is 10.0 Å². The molecule has 10 heteroatoms. The Morgan fingerprint density at radius 1 is 0.906 bits per heavy atom. The second-order valence-electron chi connectivity index (χ2n) is 6.94. The lowest BCUT2D eigenvalue weighted by Gasteiger charge is -2.23. The van der Waals surface area contributed by atoms with E-state index in [0.717, 1.165) is 11.8 Å². The summed E-state index contributed by atoms with van der Waals surface area (Å²) in [6.07, 6.45) is 1.09. The highest BCUT2D eigenvalue weighted by molar-refractivity contribution is 7.92. The summed E-state index contributed by atoms with van der Waals surface area (Å²) < 4.78 is 26.0. The van der Waals surface area contributed by atoms with Crippen molar-refractivity contribution in [3.63, 3.8) is 0 Å². The van der Waals surface area contributed by atoms with Gasteiger partial charge < -0.3 is 5.32 Å². The van der Waals surface area contributed by atoms with Crippen LogP contribution in [0.3, 0.4) is 0 Å². The van der Waals surface area contributed by atoms with Gasteiger partial charge in [-0.1, -0.05) is 58.5 Å². The Hall–Kier alpha value is -1.96. The van der Waals surface area contributed by atoms with Crippen molar-refractivity contribution >= 4 is 68.0 Å². The molecule has 0 atom stereocenters. The molecule has 5 nitrogen and oxygen atoms in total. The van der Waals surface area contributed by atoms with Gasteiger partial charge >= 0.3 is 0 Å². The highest BCUT2D eigenvalue weighted by Crippen LogP contribution is 2.29. The molecule has 0 spiro atoms. The van der Waals surface area contributed by atoms with Crippen LogP contribution in [0, 0.1) is 0 Å². The Balaban J connectivity index is 1.77. The Bertz CT molecular complexity index is 1230. The summed E-state index contributed by atoms with van der Waals surface area (Å²) in [5, 5.41) is 4.47. The molecule has 32 heavy (non-hydrogen) atoms. The first kappa shape index (κ1) is 24.7. The molecule has 3 aromatic carbocycles. The average molecular weight is 532 g/mol. The number of hydrogen-bond donors (Lipinski definition) is 1. The van der Waals surface area contributed by atoms with Crippen LogP contribution in [0.1, 0.15) is 21.5 Å². The zero-order valence-electron chi connectivity index (χ0n) is 16.8. The van der Waals surface area contributed by atoms with E-state index in [1.165, 1.54) is 4.31 Å². The minimum atomic E-state index is -3.65. The minimum absolute atomic E-state index is 0.0437. The van der Waals surface area contributed by atoms with E-state index in [1.807, 2.05) is 0 Å². The number of rotatable bonds is 7. The molecule has 0 heterocycles. The van der Waals surface area contributed by atoms with Crippen LogP contribution in [0.15, 0.2) is 60.7 Å². The second kappa shape index (κ2) is 10.3. The van der Waals surface area contributed by atoms with Gasteiger partial charge in [-0.05, 0) is 54.1 Å². The molecule has 3 rings (SSSR count). The molecule has 0 aliphatic heterocycles. The summed E-state index contributed by atoms with van der Waals surface area (Å²) in [6.45, 7) is 0.176. The van der Waals surface area contributed by atoms with Crippen molar-refractivity contribution in [1.29, 1.82) is 0 Å². The number of hydrogen-bond acceptors (Lipinski definition) is 3. The molecule has 0 radical (unpaired) electrons. The number of nitrogens with one attached hydrogen (secondary N) is 1. The van der Waals surface area contributed by atoms with Crippen molar-refractivity contribution in [2.75, 3.05) is 10.6 Å². The average Bonchev–Trinajstić information content (AvgIpc) is 2.72. The van der Waals surface area contributed by atoms with E-state index in [9.17, 15) is 13.2 Å². The fourth-order valence-corrected chi connectivity index (χ4v) is 4.81. The fourth-order valence-electron chi connectivity index (χ4n) is 2.95. The molecule has 0 unspecified atom stereocenters. The Morgan fingerprint density at radius 3 is 2.09 bits per heavy atom. The predicted octanol–water partition coefficient (Wildman–Crippen LogP) is 6.20. The van der Waals surface area contributed by atoms with Crippen molar-refractivity contribution in [3.8, 4) is 0 Å². The topological polar surface area (TPSA) is 66.5 Å². The van der Waals surface area contributed by atoms with Crippen molar-refractivity contribution < 1.29 is 13.2 Å². The van der Waals surface area contributed by atoms with Gasteiger partial charge in [0, 0.05) is 37.8 Å². The first-order valence-corrected chi connectivity index (χ1v) is 12.6. The van der Waals surface area contributed by atoms with Crippen LogP contribution < -0.4 is 9.62 Å². The smallest absolute Gasteiger partial charge is 0.251 e. The Kier molecular flexibility index (Phi) is 7.96. The standard InChI is InChI=1S/C22H18Cl4N2O3S/c1-32(30,31)28(13-18-19(24)3-2-4-20(18)25)17-9-6-14(7-10-17)22(29)27-12-15-5-8-16(23)11-21(15)26/h2-11H,12-13H2,1H3,(H,27,29). The predicted molar refractivity (Wildman–Crippen MR) is 132 cm³/mol. The van der Waals surface area contributed by atoms with Crippen LogP contribution in [-0.4, -0.2) is 20.6 Å². The minimum Gasteiger partial charge on any atom is -0.348 e. The fraction of sp³-hybridized carbons (Fsp3) is 0.136. The zero-order chi connectivity index (χ0) is 23.5. The highest BCUT2D eigenvalue weighted by Gasteiger charge is 2.21. The van der Waals surface area contributed by atoms with E-state index >= 15 is 0 Å². The van der Waals surface area contributed by atoms with Gasteiger partial charge in [0.1, 0.15) is 0 Å². The quantitative estimate of drug-likeness (QED) is 0.395. The summed E-state index contributed by atoms with van der Waals surface area (Å²) in [5.74, 6) is -0.331. The number of nitrogens with zero attached hydrogens (tertiary/aromatic N) is 1. The van der Waals surface area contributed by atoms with Crippen LogP contribution in [0.4, 0.5) is 5.69 Å². The number of amides is 1. The van der Waals surface area contributed by atoms with Crippen LogP contribution in [0.25, 0.3) is 0 Å². The van der Waals surface area contributed by atoms with Crippen molar-refractivity contribution in [3.05, 3.63) is 97.4 Å². The van der Waals surface area contributed by atoms with E-state index in [1.54, 1.807) is 60.7 Å². The molecular weight excluding hydrogens is 514 g/mol. The molecule has 1 N–H and O–H groups in total. The summed E-state index contributed by atoms with van der Waals surface area (Å²) in [4.78, 5) is 12.5. The van der Waals surface area contributed by atoms with Gasteiger partial charge in [0.05, 0.1) is 18.5 Å². The van der Waals surface area contributed by atoms with Crippen molar-refractivity contribution in [1.82, 2.24) is 5.32 Å². The molecule has 0 saturated heterocycles. The Labute approximate surface area is 206 Å². The van der Waals surface area contributed by atoms with Gasteiger partial charge in [-0.15, -0.1) is 0 Å². The number of halogens is 4. The van der Waals surface area contributed by atoms with E-state index in [2.05, 4.69) is 5.32 Å². The maximum absolute atomic E-state index is 12.5. The maximum atomic E-state index is 12.5. The van der Waals surface area contributed by atoms with E-state index in [0.29, 0.717) is 36.9 Å². The third-order valence-corrected chi connectivity index (χ3v) is 7.07. The lowest BCUT2D eigenvalue weighted by atomic mass is 10.1. The van der Waals surface area contributed by atoms with Crippen LogP contribution in [0.2, 0.25) is 20.1 Å². The Morgan fingerprint density at radius 2 is 1.53 bits per heavy atom. The molecule has 0 saturated carbocycles. The van der Waals surface area contributed by atoms with E-state index in [4.69, 9.17) is 46.4 Å². The monoisotopic (exact) mass is 530 g/mol. The summed E-state index contributed by atoms with van der Waals surface area (Å²) in [6, 6.07) is 16.2. The largest absolute Gasteiger partial charge is 0.348 e. The van der Waals surface area contributed by atoms with Gasteiger partial charge in [-0.25, -0.2) is 8.42 Å². The molecule has 0 bridgehead atoms. The number of carbonyl (C=O) groups excluding carboxylic acids is 1. The molecule has 168 valence electrons. The highest BCUT2D eigenvalue weighted by atomic mass is 35.5. The number of sulfonamides is 1. The normalized spacial score (nSPS) is 11.3. The van der Waals surface area contributed by atoms with Crippen molar-refractivity contribution in [2.45, 2.75) is 13.1 Å². The lowest BCUT2D eigenvalue weighted by Crippen LogP contribution is -2.29. The number of carbonyl (C=O) groups is 1. The number of benzene rings is 3.